The van der Waals surface area contributed by atoms with Gasteiger partial charge in [0.2, 0.25) is 0 Å². The molecule has 94 valence electrons. The van der Waals surface area contributed by atoms with E-state index in [-0.39, 0.29) is 0 Å². The van der Waals surface area contributed by atoms with Crippen molar-refractivity contribution in [3.05, 3.63) is 29.8 Å². The van der Waals surface area contributed by atoms with E-state index in [9.17, 15) is 5.11 Å². The first-order valence-electron chi connectivity index (χ1n) is 6.81. The fourth-order valence-electron chi connectivity index (χ4n) is 2.70. The molecule has 1 aromatic rings. The Morgan fingerprint density at radius 3 is 2.24 bits per heavy atom. The molecule has 1 heterocycles. The maximum atomic E-state index is 9.91. The lowest BCUT2D eigenvalue weighted by Crippen LogP contribution is -2.30. The van der Waals surface area contributed by atoms with Gasteiger partial charge in [-0.3, -0.25) is 4.90 Å². The third kappa shape index (κ3) is 3.22. The maximum absolute atomic E-state index is 9.91. The summed E-state index contributed by atoms with van der Waals surface area (Å²) in [7, 11) is 0. The molecule has 2 heteroatoms. The van der Waals surface area contributed by atoms with E-state index in [2.05, 4.69) is 11.8 Å². The fourth-order valence-corrected chi connectivity index (χ4v) is 2.70. The Morgan fingerprint density at radius 2 is 1.59 bits per heavy atom. The van der Waals surface area contributed by atoms with Gasteiger partial charge in [0.15, 0.2) is 0 Å². The summed E-state index contributed by atoms with van der Waals surface area (Å²) < 4.78 is 0. The predicted molar refractivity (Wildman–Crippen MR) is 71.2 cm³/mol. The van der Waals surface area contributed by atoms with Gasteiger partial charge in [-0.1, -0.05) is 37.5 Å². The van der Waals surface area contributed by atoms with E-state index in [1.54, 1.807) is 6.07 Å². The Morgan fingerprint density at radius 1 is 1.00 bits per heavy atom. The van der Waals surface area contributed by atoms with E-state index in [1.165, 1.54) is 32.1 Å². The molecule has 1 aromatic carbocycles. The van der Waals surface area contributed by atoms with Crippen LogP contribution in [0, 0.1) is 0 Å². The molecule has 0 saturated carbocycles. The van der Waals surface area contributed by atoms with Crippen LogP contribution in [-0.2, 0) is 0 Å². The lowest BCUT2D eigenvalue weighted by Gasteiger charge is -2.31. The van der Waals surface area contributed by atoms with Crippen molar-refractivity contribution >= 4 is 0 Å². The minimum absolute atomic E-state index is 0.328. The Bertz CT molecular complexity index is 343. The second kappa shape index (κ2) is 6.06. The largest absolute Gasteiger partial charge is 0.508 e. The zero-order valence-corrected chi connectivity index (χ0v) is 10.7. The monoisotopic (exact) mass is 233 g/mol. The number of hydrogen-bond donors (Lipinski definition) is 1. The van der Waals surface area contributed by atoms with Gasteiger partial charge in [-0.2, -0.15) is 0 Å². The molecule has 0 aliphatic carbocycles. The first kappa shape index (κ1) is 12.4. The molecule has 0 radical (unpaired) electrons. The van der Waals surface area contributed by atoms with Gasteiger partial charge in [-0.05, 0) is 38.9 Å². The van der Waals surface area contributed by atoms with E-state index >= 15 is 0 Å². The van der Waals surface area contributed by atoms with Crippen molar-refractivity contribution in [2.24, 2.45) is 0 Å². The first-order chi connectivity index (χ1) is 8.29. The summed E-state index contributed by atoms with van der Waals surface area (Å²) in [5.74, 6) is 0.432. The van der Waals surface area contributed by atoms with Crippen LogP contribution in [0.15, 0.2) is 24.3 Å². The molecule has 1 fully saturated rings. The van der Waals surface area contributed by atoms with Crippen molar-refractivity contribution in [2.75, 3.05) is 13.1 Å². The van der Waals surface area contributed by atoms with Gasteiger partial charge in [0, 0.05) is 11.6 Å². The Labute approximate surface area is 104 Å². The highest BCUT2D eigenvalue weighted by Gasteiger charge is 2.18. The Hall–Kier alpha value is -1.02. The lowest BCUT2D eigenvalue weighted by molar-refractivity contribution is 0.189. The third-order valence-corrected chi connectivity index (χ3v) is 3.83. The van der Waals surface area contributed by atoms with Crippen LogP contribution in [0.2, 0.25) is 0 Å². The topological polar surface area (TPSA) is 23.5 Å². The molecule has 2 nitrogen and oxygen atoms in total. The number of phenolic OH excluding ortho intramolecular Hbond substituents is 1. The molecule has 1 aliphatic heterocycles. The number of hydrogen-bond acceptors (Lipinski definition) is 2. The minimum atomic E-state index is 0.328. The summed E-state index contributed by atoms with van der Waals surface area (Å²) in [4.78, 5) is 2.51. The zero-order valence-electron chi connectivity index (χ0n) is 10.7. The highest BCUT2D eigenvalue weighted by molar-refractivity contribution is 5.34. The second-order valence-electron chi connectivity index (χ2n) is 5.04. The molecule has 1 aliphatic rings. The van der Waals surface area contributed by atoms with Crippen molar-refractivity contribution in [2.45, 2.75) is 45.1 Å². The minimum Gasteiger partial charge on any atom is -0.508 e. The van der Waals surface area contributed by atoms with Crippen LogP contribution in [0.3, 0.4) is 0 Å². The maximum Gasteiger partial charge on any atom is 0.120 e. The smallest absolute Gasteiger partial charge is 0.120 e. The molecule has 0 amide bonds. The predicted octanol–water partition coefficient (Wildman–Crippen LogP) is 3.72. The number of likely N-dealkylation sites (tertiary alicyclic amines) is 1. The van der Waals surface area contributed by atoms with Crippen molar-refractivity contribution in [3.8, 4) is 5.75 Å². The van der Waals surface area contributed by atoms with E-state index in [1.807, 2.05) is 18.2 Å². The SMILES string of the molecule is CC(c1ccccc1O)N1CCCCCCC1. The molecule has 0 bridgehead atoms. The summed E-state index contributed by atoms with van der Waals surface area (Å²) in [6.45, 7) is 4.53. The number of phenols is 1. The molecule has 0 spiro atoms. The molecule has 1 N–H and O–H groups in total. The average molecular weight is 233 g/mol. The van der Waals surface area contributed by atoms with Gasteiger partial charge in [0.25, 0.3) is 0 Å². The van der Waals surface area contributed by atoms with Crippen molar-refractivity contribution < 1.29 is 5.11 Å². The summed E-state index contributed by atoms with van der Waals surface area (Å²) in [5, 5.41) is 9.91. The van der Waals surface area contributed by atoms with Crippen LogP contribution in [0.25, 0.3) is 0 Å². The highest BCUT2D eigenvalue weighted by Crippen LogP contribution is 2.29. The van der Waals surface area contributed by atoms with Crippen LogP contribution in [0.4, 0.5) is 0 Å². The first-order valence-corrected chi connectivity index (χ1v) is 6.81. The molecular weight excluding hydrogens is 210 g/mol. The van der Waals surface area contributed by atoms with E-state index in [0.29, 0.717) is 11.8 Å². The average Bonchev–Trinajstić information content (AvgIpc) is 2.28. The third-order valence-electron chi connectivity index (χ3n) is 3.83. The molecule has 2 rings (SSSR count). The van der Waals surface area contributed by atoms with Gasteiger partial charge in [-0.15, -0.1) is 0 Å². The van der Waals surface area contributed by atoms with Crippen LogP contribution >= 0.6 is 0 Å². The van der Waals surface area contributed by atoms with Crippen molar-refractivity contribution in [1.82, 2.24) is 4.90 Å². The highest BCUT2D eigenvalue weighted by atomic mass is 16.3. The van der Waals surface area contributed by atoms with Gasteiger partial charge < -0.3 is 5.11 Å². The Kier molecular flexibility index (Phi) is 4.43. The normalized spacial score (nSPS) is 20.5. The lowest BCUT2D eigenvalue weighted by atomic mass is 10.0. The number of para-hydroxylation sites is 1. The number of rotatable bonds is 2. The Balaban J connectivity index is 2.07. The van der Waals surface area contributed by atoms with Crippen LogP contribution in [0.5, 0.6) is 5.75 Å². The fraction of sp³-hybridized carbons (Fsp3) is 0.600. The van der Waals surface area contributed by atoms with Crippen molar-refractivity contribution in [1.29, 1.82) is 0 Å². The van der Waals surface area contributed by atoms with Crippen LogP contribution in [-0.4, -0.2) is 23.1 Å². The van der Waals surface area contributed by atoms with Crippen LogP contribution in [0.1, 0.15) is 50.6 Å². The van der Waals surface area contributed by atoms with Crippen molar-refractivity contribution in [3.63, 3.8) is 0 Å². The quantitative estimate of drug-likeness (QED) is 0.841. The number of aromatic hydroxyl groups is 1. The molecule has 0 aromatic heterocycles. The summed E-state index contributed by atoms with van der Waals surface area (Å²) in [6.07, 6.45) is 6.67. The summed E-state index contributed by atoms with van der Waals surface area (Å²) in [5.41, 5.74) is 1.06. The molecule has 1 saturated heterocycles. The molecular formula is C15H23NO. The van der Waals surface area contributed by atoms with Gasteiger partial charge in [-0.25, -0.2) is 0 Å². The van der Waals surface area contributed by atoms with Gasteiger partial charge in [0.05, 0.1) is 0 Å². The molecule has 1 unspecified atom stereocenters. The van der Waals surface area contributed by atoms with Gasteiger partial charge >= 0.3 is 0 Å². The van der Waals surface area contributed by atoms with Crippen LogP contribution < -0.4 is 0 Å². The van der Waals surface area contributed by atoms with E-state index in [4.69, 9.17) is 0 Å². The summed E-state index contributed by atoms with van der Waals surface area (Å²) in [6, 6.07) is 8.05. The molecule has 17 heavy (non-hydrogen) atoms. The second-order valence-corrected chi connectivity index (χ2v) is 5.04. The molecule has 1 atom stereocenters. The van der Waals surface area contributed by atoms with E-state index in [0.717, 1.165) is 18.7 Å². The zero-order chi connectivity index (χ0) is 12.1. The standard InChI is InChI=1S/C15H23NO/c1-13(14-9-5-6-10-15(14)17)16-11-7-3-2-4-8-12-16/h5-6,9-10,13,17H,2-4,7-8,11-12H2,1H3. The summed E-state index contributed by atoms with van der Waals surface area (Å²) >= 11 is 0. The van der Waals surface area contributed by atoms with Gasteiger partial charge in [0.1, 0.15) is 5.75 Å². The number of nitrogens with zero attached hydrogens (tertiary/aromatic N) is 1. The van der Waals surface area contributed by atoms with E-state index < -0.39 is 0 Å². The number of benzene rings is 1.